The molecule has 0 aliphatic carbocycles. The van der Waals surface area contributed by atoms with Gasteiger partial charge in [0, 0.05) is 70.9 Å². The van der Waals surface area contributed by atoms with Crippen LogP contribution in [0.1, 0.15) is 27.6 Å². The van der Waals surface area contributed by atoms with Crippen LogP contribution in [0.2, 0.25) is 0 Å². The van der Waals surface area contributed by atoms with Gasteiger partial charge in [-0.15, -0.1) is 6.07 Å². The monoisotopic (exact) mass is 402 g/mol. The van der Waals surface area contributed by atoms with Crippen molar-refractivity contribution >= 4 is 12.3 Å². The van der Waals surface area contributed by atoms with E-state index >= 15 is 0 Å². The summed E-state index contributed by atoms with van der Waals surface area (Å²) >= 11 is 0. The molecule has 0 aromatic carbocycles. The third-order valence-corrected chi connectivity index (χ3v) is 3.03. The summed E-state index contributed by atoms with van der Waals surface area (Å²) in [6, 6.07) is 10.1. The van der Waals surface area contributed by atoms with Gasteiger partial charge in [0.05, 0.1) is 5.69 Å². The van der Waals surface area contributed by atoms with Crippen LogP contribution in [0, 0.1) is 0 Å². The second-order valence-electron chi connectivity index (χ2n) is 4.79. The molecule has 2 aromatic rings. The number of pyridine rings is 2. The number of aromatic nitrogens is 2. The minimum atomic E-state index is -1.03. The second-order valence-corrected chi connectivity index (χ2v) is 4.79. The number of aromatic carboxylic acids is 1. The Hall–Kier alpha value is -1.54. The van der Waals surface area contributed by atoms with Gasteiger partial charge in [0.1, 0.15) is 5.69 Å². The number of carboxylic acid groups (broad SMARTS) is 1. The molecule has 2 aromatic heterocycles. The fourth-order valence-corrected chi connectivity index (χ4v) is 1.94. The van der Waals surface area contributed by atoms with E-state index in [1.807, 2.05) is 6.07 Å². The predicted molar refractivity (Wildman–Crippen MR) is 83.6 cm³/mol. The zero-order valence-corrected chi connectivity index (χ0v) is 15.9. The number of rotatable bonds is 9. The fourth-order valence-electron chi connectivity index (χ4n) is 1.94. The molecule has 0 aliphatic heterocycles. The summed E-state index contributed by atoms with van der Waals surface area (Å²) in [5.74, 6) is -1.03. The average molecular weight is 402 g/mol. The van der Waals surface area contributed by atoms with Crippen molar-refractivity contribution in [3.05, 3.63) is 59.2 Å². The van der Waals surface area contributed by atoms with Gasteiger partial charge in [-0.2, -0.15) is 6.07 Å². The number of nitrogens with one attached hydrogen (secondary N) is 2. The van der Waals surface area contributed by atoms with E-state index < -0.39 is 5.97 Å². The molecule has 0 unspecified atom stereocenters. The summed E-state index contributed by atoms with van der Waals surface area (Å²) in [6.45, 7) is 2.45. The van der Waals surface area contributed by atoms with Gasteiger partial charge in [-0.1, -0.05) is 17.8 Å². The molecule has 0 atom stereocenters. The van der Waals surface area contributed by atoms with Crippen LogP contribution in [-0.2, 0) is 50.6 Å². The summed E-state index contributed by atoms with van der Waals surface area (Å²) in [4.78, 5) is 29.5. The molecule has 0 amide bonds. The van der Waals surface area contributed by atoms with Gasteiger partial charge in [-0.3, -0.25) is 4.98 Å². The Kier molecular flexibility index (Phi) is 9.48. The third kappa shape index (κ3) is 6.92. The molecule has 0 spiro atoms. The SMILES string of the molecule is O=[C-]c1cccc(CNCCNCc2cccc(C(=O)O)n2)n1.[Y]. The summed E-state index contributed by atoms with van der Waals surface area (Å²) in [5, 5.41) is 15.2. The number of carboxylic acids is 1. The van der Waals surface area contributed by atoms with E-state index in [-0.39, 0.29) is 38.4 Å². The second kappa shape index (κ2) is 11.1. The van der Waals surface area contributed by atoms with Crippen LogP contribution < -0.4 is 10.6 Å². The van der Waals surface area contributed by atoms with Crippen LogP contribution in [0.15, 0.2) is 36.4 Å². The first-order valence-electron chi connectivity index (χ1n) is 7.14. The quantitative estimate of drug-likeness (QED) is 0.415. The van der Waals surface area contributed by atoms with Gasteiger partial charge in [0.2, 0.25) is 0 Å². The maximum atomic E-state index is 10.8. The van der Waals surface area contributed by atoms with Crippen molar-refractivity contribution in [2.24, 2.45) is 0 Å². The van der Waals surface area contributed by atoms with E-state index in [9.17, 15) is 9.59 Å². The van der Waals surface area contributed by atoms with Gasteiger partial charge in [0.15, 0.2) is 0 Å². The molecule has 24 heavy (non-hydrogen) atoms. The first-order chi connectivity index (χ1) is 11.2. The first kappa shape index (κ1) is 20.5. The van der Waals surface area contributed by atoms with E-state index in [0.717, 1.165) is 5.69 Å². The van der Waals surface area contributed by atoms with E-state index in [2.05, 4.69) is 20.6 Å². The Balaban J connectivity index is 0.00000288. The largest absolute Gasteiger partial charge is 0.477 e. The molecular formula is C16H17N4O3Y-. The number of carbonyl (C=O) groups excluding carboxylic acids is 1. The molecular weight excluding hydrogens is 385 g/mol. The van der Waals surface area contributed by atoms with Crippen molar-refractivity contribution in [2.75, 3.05) is 13.1 Å². The van der Waals surface area contributed by atoms with Crippen molar-refractivity contribution in [3.63, 3.8) is 0 Å². The van der Waals surface area contributed by atoms with Crippen LogP contribution in [0.25, 0.3) is 0 Å². The Morgan fingerprint density at radius 2 is 1.58 bits per heavy atom. The maximum Gasteiger partial charge on any atom is 0.354 e. The molecule has 8 heteroatoms. The summed E-state index contributed by atoms with van der Waals surface area (Å²) in [6.07, 6.45) is 1.76. The molecule has 123 valence electrons. The van der Waals surface area contributed by atoms with Crippen molar-refractivity contribution in [1.82, 2.24) is 20.6 Å². The molecule has 0 aliphatic rings. The van der Waals surface area contributed by atoms with Gasteiger partial charge in [-0.25, -0.2) is 9.78 Å². The number of nitrogens with zero attached hydrogens (tertiary/aromatic N) is 2. The number of carbonyl (C=O) groups is 1. The minimum absolute atomic E-state index is 0. The van der Waals surface area contributed by atoms with Gasteiger partial charge >= 0.3 is 5.97 Å². The van der Waals surface area contributed by atoms with E-state index in [4.69, 9.17) is 5.11 Å². The Bertz CT molecular complexity index is 682. The van der Waals surface area contributed by atoms with Crippen molar-refractivity contribution < 1.29 is 47.4 Å². The molecule has 3 N–H and O–H groups in total. The zero-order valence-electron chi connectivity index (χ0n) is 13.0. The van der Waals surface area contributed by atoms with Crippen molar-refractivity contribution in [1.29, 1.82) is 0 Å². The molecule has 1 radical (unpaired) electrons. The molecule has 0 saturated heterocycles. The molecule has 0 bridgehead atoms. The van der Waals surface area contributed by atoms with Crippen molar-refractivity contribution in [2.45, 2.75) is 13.1 Å². The smallest absolute Gasteiger partial charge is 0.354 e. The van der Waals surface area contributed by atoms with E-state index in [1.165, 1.54) is 6.07 Å². The fraction of sp³-hybridized carbons (Fsp3) is 0.250. The van der Waals surface area contributed by atoms with Crippen LogP contribution in [0.5, 0.6) is 0 Å². The molecule has 0 fully saturated rings. The topological polar surface area (TPSA) is 104 Å². The van der Waals surface area contributed by atoms with Gasteiger partial charge in [0.25, 0.3) is 0 Å². The standard InChI is InChI=1S/C16H17N4O3.Y/c21-11-14-5-1-3-12(19-14)9-17-7-8-18-10-13-4-2-6-15(20-13)16(22)23;/h1-6,17-18H,7-10H2,(H,22,23);/q-1;. The average Bonchev–Trinajstić information content (AvgIpc) is 2.58. The van der Waals surface area contributed by atoms with Gasteiger partial charge < -0.3 is 20.5 Å². The minimum Gasteiger partial charge on any atom is -0.477 e. The molecule has 2 rings (SSSR count). The number of hydrogen-bond acceptors (Lipinski definition) is 6. The first-order valence-corrected chi connectivity index (χ1v) is 7.14. The number of hydrogen-bond donors (Lipinski definition) is 3. The van der Waals surface area contributed by atoms with E-state index in [1.54, 1.807) is 30.6 Å². The summed E-state index contributed by atoms with van der Waals surface area (Å²) in [5.41, 5.74) is 1.80. The normalized spacial score (nSPS) is 10.0. The molecule has 2 heterocycles. The third-order valence-electron chi connectivity index (χ3n) is 3.03. The van der Waals surface area contributed by atoms with E-state index in [0.29, 0.717) is 37.6 Å². The molecule has 0 saturated carbocycles. The predicted octanol–water partition coefficient (Wildman–Crippen LogP) is 0.509. The maximum absolute atomic E-state index is 10.8. The van der Waals surface area contributed by atoms with Gasteiger partial charge in [-0.05, 0) is 12.1 Å². The van der Waals surface area contributed by atoms with Crippen LogP contribution >= 0.6 is 0 Å². The summed E-state index contributed by atoms with van der Waals surface area (Å²) in [7, 11) is 0. The Labute approximate surface area is 165 Å². The summed E-state index contributed by atoms with van der Waals surface area (Å²) < 4.78 is 0. The molecule has 7 nitrogen and oxygen atoms in total. The van der Waals surface area contributed by atoms with Crippen molar-refractivity contribution in [3.8, 4) is 0 Å². The van der Waals surface area contributed by atoms with Crippen LogP contribution in [0.3, 0.4) is 0 Å². The van der Waals surface area contributed by atoms with Crippen LogP contribution in [-0.4, -0.2) is 40.4 Å². The zero-order chi connectivity index (χ0) is 16.5. The van der Waals surface area contributed by atoms with Crippen LogP contribution in [0.4, 0.5) is 0 Å². The Morgan fingerprint density at radius 1 is 1.00 bits per heavy atom. The Morgan fingerprint density at radius 3 is 2.17 bits per heavy atom.